The van der Waals surface area contributed by atoms with Gasteiger partial charge in [-0.15, -0.1) is 0 Å². The van der Waals surface area contributed by atoms with Crippen LogP contribution >= 0.6 is 0 Å². The molecule has 0 saturated heterocycles. The molecule has 0 fully saturated rings. The van der Waals surface area contributed by atoms with Crippen LogP contribution in [0.15, 0.2) is 39.6 Å². The maximum absolute atomic E-state index is 12.0. The summed E-state index contributed by atoms with van der Waals surface area (Å²) in [6.07, 6.45) is 7.16. The molecule has 5 heteroatoms. The van der Waals surface area contributed by atoms with Gasteiger partial charge in [0.25, 0.3) is 0 Å². The third-order valence-corrected chi connectivity index (χ3v) is 2.94. The number of furan rings is 1. The van der Waals surface area contributed by atoms with Gasteiger partial charge >= 0.3 is 0 Å². The number of carbonyl (C=O) groups excluding carboxylic acids is 1. The van der Waals surface area contributed by atoms with E-state index in [2.05, 4.69) is 5.16 Å². The van der Waals surface area contributed by atoms with E-state index in [0.717, 1.165) is 17.7 Å². The number of carbonyl (C=O) groups is 1. The zero-order chi connectivity index (χ0) is 12.4. The second-order valence-electron chi connectivity index (χ2n) is 4.13. The van der Waals surface area contributed by atoms with E-state index in [9.17, 15) is 4.79 Å². The normalized spacial score (nSPS) is 15.0. The van der Waals surface area contributed by atoms with Crippen LogP contribution in [0, 0.1) is 0 Å². The summed E-state index contributed by atoms with van der Waals surface area (Å²) >= 11 is 0. The number of hydrogen-bond acceptors (Lipinski definition) is 4. The molecule has 92 valence electrons. The van der Waals surface area contributed by atoms with Gasteiger partial charge in [0.05, 0.1) is 19.0 Å². The Bertz CT molecular complexity index is 569. The summed E-state index contributed by atoms with van der Waals surface area (Å²) in [4.78, 5) is 13.7. The largest absolute Gasteiger partial charge is 0.465 e. The maximum atomic E-state index is 12.0. The molecule has 0 aliphatic carbocycles. The van der Waals surface area contributed by atoms with Crippen molar-refractivity contribution in [3.8, 4) is 0 Å². The number of amides is 1. The van der Waals surface area contributed by atoms with Crippen molar-refractivity contribution in [3.05, 3.63) is 47.8 Å². The van der Waals surface area contributed by atoms with Crippen LogP contribution in [0.25, 0.3) is 6.08 Å². The van der Waals surface area contributed by atoms with E-state index in [1.807, 2.05) is 0 Å². The highest BCUT2D eigenvalue weighted by molar-refractivity contribution is 5.91. The summed E-state index contributed by atoms with van der Waals surface area (Å²) in [5.74, 6) is 1.53. The Labute approximate surface area is 104 Å². The lowest BCUT2D eigenvalue weighted by molar-refractivity contribution is -0.126. The summed E-state index contributed by atoms with van der Waals surface area (Å²) in [6, 6.07) is 3.59. The predicted molar refractivity (Wildman–Crippen MR) is 63.4 cm³/mol. The van der Waals surface area contributed by atoms with Crippen molar-refractivity contribution in [2.75, 3.05) is 6.54 Å². The van der Waals surface area contributed by atoms with Crippen molar-refractivity contribution in [1.82, 2.24) is 10.1 Å². The van der Waals surface area contributed by atoms with E-state index in [0.29, 0.717) is 18.8 Å². The van der Waals surface area contributed by atoms with Crippen LogP contribution in [0.4, 0.5) is 0 Å². The van der Waals surface area contributed by atoms with Gasteiger partial charge in [-0.1, -0.05) is 5.16 Å². The first kappa shape index (κ1) is 10.8. The topological polar surface area (TPSA) is 59.5 Å². The van der Waals surface area contributed by atoms with Gasteiger partial charge in [0.2, 0.25) is 5.91 Å². The Balaban J connectivity index is 1.68. The molecule has 0 unspecified atom stereocenters. The minimum atomic E-state index is -0.0294. The molecule has 0 saturated carbocycles. The Morgan fingerprint density at radius 1 is 1.50 bits per heavy atom. The molecule has 0 radical (unpaired) electrons. The number of fused-ring (bicyclic) bond motifs is 1. The standard InChI is InChI=1S/C13H12N2O3/c16-13(4-3-11-2-1-7-17-11)15-6-5-12-10(9-15)8-14-18-12/h1-4,7-8H,5-6,9H2/b4-3+. The molecule has 5 nitrogen and oxygen atoms in total. The van der Waals surface area contributed by atoms with Gasteiger partial charge < -0.3 is 13.8 Å². The molecule has 0 bridgehead atoms. The Hall–Kier alpha value is -2.30. The summed E-state index contributed by atoms with van der Waals surface area (Å²) < 4.78 is 10.2. The molecule has 1 aliphatic heterocycles. The van der Waals surface area contributed by atoms with E-state index in [4.69, 9.17) is 8.94 Å². The van der Waals surface area contributed by atoms with Gasteiger partial charge in [0, 0.05) is 24.6 Å². The van der Waals surface area contributed by atoms with Crippen LogP contribution in [0.3, 0.4) is 0 Å². The van der Waals surface area contributed by atoms with Crippen molar-refractivity contribution in [1.29, 1.82) is 0 Å². The lowest BCUT2D eigenvalue weighted by Crippen LogP contribution is -2.34. The molecule has 18 heavy (non-hydrogen) atoms. The Kier molecular flexibility index (Phi) is 2.72. The quantitative estimate of drug-likeness (QED) is 0.756. The lowest BCUT2D eigenvalue weighted by atomic mass is 10.1. The first-order valence-electron chi connectivity index (χ1n) is 5.76. The molecule has 1 aliphatic rings. The zero-order valence-electron chi connectivity index (χ0n) is 9.70. The van der Waals surface area contributed by atoms with Gasteiger partial charge in [0.15, 0.2) is 0 Å². The molecule has 0 N–H and O–H groups in total. The Morgan fingerprint density at radius 2 is 2.44 bits per heavy atom. The average molecular weight is 244 g/mol. The Morgan fingerprint density at radius 3 is 3.28 bits per heavy atom. The molecule has 0 atom stereocenters. The van der Waals surface area contributed by atoms with Gasteiger partial charge in [-0.05, 0) is 18.2 Å². The van der Waals surface area contributed by atoms with E-state index >= 15 is 0 Å². The van der Waals surface area contributed by atoms with Crippen LogP contribution in [0.5, 0.6) is 0 Å². The van der Waals surface area contributed by atoms with Crippen LogP contribution in [0.1, 0.15) is 17.1 Å². The van der Waals surface area contributed by atoms with Crippen molar-refractivity contribution in [3.63, 3.8) is 0 Å². The molecule has 2 aromatic heterocycles. The molecular formula is C13H12N2O3. The summed E-state index contributed by atoms with van der Waals surface area (Å²) in [5.41, 5.74) is 0.987. The molecule has 1 amide bonds. The van der Waals surface area contributed by atoms with Crippen LogP contribution in [-0.2, 0) is 17.8 Å². The van der Waals surface area contributed by atoms with Crippen LogP contribution < -0.4 is 0 Å². The summed E-state index contributed by atoms with van der Waals surface area (Å²) in [5, 5.41) is 3.74. The fourth-order valence-corrected chi connectivity index (χ4v) is 1.97. The first-order chi connectivity index (χ1) is 8.83. The average Bonchev–Trinajstić information content (AvgIpc) is 3.05. The minimum Gasteiger partial charge on any atom is -0.465 e. The molecule has 2 aromatic rings. The third kappa shape index (κ3) is 2.07. The SMILES string of the molecule is O=C(/C=C/c1ccco1)N1CCc2oncc2C1. The van der Waals surface area contributed by atoms with Gasteiger partial charge in [-0.25, -0.2) is 0 Å². The number of rotatable bonds is 2. The first-order valence-corrected chi connectivity index (χ1v) is 5.76. The summed E-state index contributed by atoms with van der Waals surface area (Å²) in [7, 11) is 0. The minimum absolute atomic E-state index is 0.0294. The molecule has 0 spiro atoms. The predicted octanol–water partition coefficient (Wildman–Crippen LogP) is 1.87. The van der Waals surface area contributed by atoms with Crippen molar-refractivity contribution < 1.29 is 13.7 Å². The van der Waals surface area contributed by atoms with Gasteiger partial charge in [-0.3, -0.25) is 4.79 Å². The second kappa shape index (κ2) is 4.52. The van der Waals surface area contributed by atoms with Crippen molar-refractivity contribution in [2.45, 2.75) is 13.0 Å². The number of aromatic nitrogens is 1. The highest BCUT2D eigenvalue weighted by Crippen LogP contribution is 2.18. The van der Waals surface area contributed by atoms with Gasteiger partial charge in [0.1, 0.15) is 11.5 Å². The van der Waals surface area contributed by atoms with Crippen LogP contribution in [0.2, 0.25) is 0 Å². The zero-order valence-corrected chi connectivity index (χ0v) is 9.70. The molecule has 0 aromatic carbocycles. The highest BCUT2D eigenvalue weighted by Gasteiger charge is 2.21. The van der Waals surface area contributed by atoms with E-state index in [-0.39, 0.29) is 5.91 Å². The fourth-order valence-electron chi connectivity index (χ4n) is 1.97. The molecule has 3 heterocycles. The third-order valence-electron chi connectivity index (χ3n) is 2.94. The second-order valence-corrected chi connectivity index (χ2v) is 4.13. The van der Waals surface area contributed by atoms with Crippen molar-refractivity contribution >= 4 is 12.0 Å². The lowest BCUT2D eigenvalue weighted by Gasteiger charge is -2.24. The van der Waals surface area contributed by atoms with E-state index in [1.165, 1.54) is 6.08 Å². The van der Waals surface area contributed by atoms with Gasteiger partial charge in [-0.2, -0.15) is 0 Å². The van der Waals surface area contributed by atoms with E-state index in [1.54, 1.807) is 35.6 Å². The smallest absolute Gasteiger partial charge is 0.247 e. The summed E-state index contributed by atoms with van der Waals surface area (Å²) in [6.45, 7) is 1.21. The monoisotopic (exact) mass is 244 g/mol. The molecule has 3 rings (SSSR count). The van der Waals surface area contributed by atoms with E-state index < -0.39 is 0 Å². The maximum Gasteiger partial charge on any atom is 0.247 e. The molecular weight excluding hydrogens is 232 g/mol. The van der Waals surface area contributed by atoms with Crippen LogP contribution in [-0.4, -0.2) is 22.5 Å². The van der Waals surface area contributed by atoms with Crippen molar-refractivity contribution in [2.24, 2.45) is 0 Å². The number of hydrogen-bond donors (Lipinski definition) is 0. The fraction of sp³-hybridized carbons (Fsp3) is 0.231. The highest BCUT2D eigenvalue weighted by atomic mass is 16.5. The number of nitrogens with zero attached hydrogens (tertiary/aromatic N) is 2.